The van der Waals surface area contributed by atoms with Crippen molar-refractivity contribution in [1.29, 1.82) is 0 Å². The van der Waals surface area contributed by atoms with Crippen LogP contribution in [0.2, 0.25) is 5.02 Å². The van der Waals surface area contributed by atoms with E-state index in [2.05, 4.69) is 9.97 Å². The molecule has 2 rings (SSSR count). The van der Waals surface area contributed by atoms with Gasteiger partial charge in [0.1, 0.15) is 22.0 Å². The predicted molar refractivity (Wildman–Crippen MR) is 86.9 cm³/mol. The Labute approximate surface area is 142 Å². The molecule has 0 aliphatic heterocycles. The Morgan fingerprint density at radius 1 is 1.29 bits per heavy atom. The summed E-state index contributed by atoms with van der Waals surface area (Å²) >= 11 is 5.98. The Morgan fingerprint density at radius 2 is 1.88 bits per heavy atom. The minimum atomic E-state index is -3.86. The number of benzene rings is 1. The molecule has 11 heteroatoms. The lowest BCUT2D eigenvalue weighted by molar-refractivity contribution is 0.307. The minimum Gasteiger partial charge on any atom is -0.477 e. The van der Waals surface area contributed by atoms with Crippen molar-refractivity contribution in [1.82, 2.24) is 9.97 Å². The molecule has 0 saturated heterocycles. The maximum absolute atomic E-state index is 14.2. The van der Waals surface area contributed by atoms with E-state index in [1.54, 1.807) is 0 Å². The minimum absolute atomic E-state index is 0.00192. The summed E-state index contributed by atoms with van der Waals surface area (Å²) in [5.41, 5.74) is -0.203. The summed E-state index contributed by atoms with van der Waals surface area (Å²) < 4.78 is 49.0. The SMILES string of the molecule is COc1nc2cc(F)c(Cl)c(N(CCO)S(C)(=O)=O)c2nc1OC. The van der Waals surface area contributed by atoms with E-state index in [0.29, 0.717) is 0 Å². The van der Waals surface area contributed by atoms with Crippen LogP contribution in [0.1, 0.15) is 0 Å². The fourth-order valence-corrected chi connectivity index (χ4v) is 3.34. The molecule has 8 nitrogen and oxygen atoms in total. The molecular weight excluding hydrogens is 365 g/mol. The van der Waals surface area contributed by atoms with Crippen LogP contribution < -0.4 is 13.8 Å². The Bertz CT molecular complexity index is 878. The zero-order chi connectivity index (χ0) is 18.1. The molecule has 0 unspecified atom stereocenters. The van der Waals surface area contributed by atoms with Gasteiger partial charge in [-0.3, -0.25) is 4.31 Å². The van der Waals surface area contributed by atoms with Crippen molar-refractivity contribution in [2.75, 3.05) is 37.9 Å². The molecule has 0 aliphatic carbocycles. The Balaban J connectivity index is 2.91. The number of ether oxygens (including phenoxy) is 2. The molecule has 0 bridgehead atoms. The fourth-order valence-electron chi connectivity index (χ4n) is 2.12. The number of nitrogens with zero attached hydrogens (tertiary/aromatic N) is 3. The Kier molecular flexibility index (Phi) is 5.31. The van der Waals surface area contributed by atoms with Crippen molar-refractivity contribution in [3.63, 3.8) is 0 Å². The van der Waals surface area contributed by atoms with Crippen LogP contribution in [0.3, 0.4) is 0 Å². The summed E-state index contributed by atoms with van der Waals surface area (Å²) in [6.45, 7) is -0.824. The number of hydrogen-bond acceptors (Lipinski definition) is 7. The van der Waals surface area contributed by atoms with E-state index in [1.807, 2.05) is 0 Å². The van der Waals surface area contributed by atoms with Crippen LogP contribution in [0, 0.1) is 5.82 Å². The first kappa shape index (κ1) is 18.4. The van der Waals surface area contributed by atoms with Crippen molar-refractivity contribution in [2.24, 2.45) is 0 Å². The molecule has 0 aliphatic rings. The second kappa shape index (κ2) is 6.91. The van der Waals surface area contributed by atoms with Gasteiger partial charge in [0.2, 0.25) is 10.0 Å². The lowest BCUT2D eigenvalue weighted by Gasteiger charge is -2.24. The zero-order valence-corrected chi connectivity index (χ0v) is 14.7. The maximum atomic E-state index is 14.2. The number of fused-ring (bicyclic) bond motifs is 1. The molecule has 132 valence electrons. The molecule has 0 spiro atoms. The predicted octanol–water partition coefficient (Wildman–Crippen LogP) is 1.20. The summed E-state index contributed by atoms with van der Waals surface area (Å²) in [5, 5.41) is 8.70. The molecule has 0 saturated carbocycles. The molecule has 0 fully saturated rings. The van der Waals surface area contributed by atoms with Crippen LogP contribution in [-0.2, 0) is 10.0 Å². The van der Waals surface area contributed by atoms with Crippen molar-refractivity contribution in [2.45, 2.75) is 0 Å². The van der Waals surface area contributed by atoms with Gasteiger partial charge in [-0.1, -0.05) is 11.6 Å². The highest BCUT2D eigenvalue weighted by Crippen LogP contribution is 2.38. The smallest absolute Gasteiger partial charge is 0.278 e. The highest BCUT2D eigenvalue weighted by molar-refractivity contribution is 7.92. The average molecular weight is 380 g/mol. The van der Waals surface area contributed by atoms with E-state index in [4.69, 9.17) is 26.2 Å². The van der Waals surface area contributed by atoms with Crippen LogP contribution in [-0.4, -0.2) is 57.1 Å². The number of aliphatic hydroxyl groups excluding tert-OH is 1. The number of sulfonamides is 1. The third-order valence-electron chi connectivity index (χ3n) is 3.11. The summed E-state index contributed by atoms with van der Waals surface area (Å²) in [6.07, 6.45) is 0.907. The molecule has 1 heterocycles. The van der Waals surface area contributed by atoms with Crippen molar-refractivity contribution >= 4 is 38.3 Å². The Morgan fingerprint density at radius 3 is 2.38 bits per heavy atom. The van der Waals surface area contributed by atoms with Gasteiger partial charge in [-0.15, -0.1) is 0 Å². The quantitative estimate of drug-likeness (QED) is 0.804. The van der Waals surface area contributed by atoms with Crippen LogP contribution in [0.5, 0.6) is 11.8 Å². The van der Waals surface area contributed by atoms with Crippen molar-refractivity contribution in [3.05, 3.63) is 16.9 Å². The summed E-state index contributed by atoms with van der Waals surface area (Å²) in [4.78, 5) is 8.19. The van der Waals surface area contributed by atoms with Crippen LogP contribution in [0.15, 0.2) is 6.07 Å². The van der Waals surface area contributed by atoms with Crippen molar-refractivity contribution < 1.29 is 27.4 Å². The molecule has 1 N–H and O–H groups in total. The van der Waals surface area contributed by atoms with Gasteiger partial charge in [-0.25, -0.2) is 22.8 Å². The maximum Gasteiger partial charge on any atom is 0.278 e. The van der Waals surface area contributed by atoms with Gasteiger partial charge in [0.15, 0.2) is 0 Å². The molecule has 0 atom stereocenters. The first-order chi connectivity index (χ1) is 11.2. The van der Waals surface area contributed by atoms with Crippen molar-refractivity contribution in [3.8, 4) is 11.8 Å². The third-order valence-corrected chi connectivity index (χ3v) is 4.63. The number of aliphatic hydroxyl groups is 1. The van der Waals surface area contributed by atoms with Gasteiger partial charge < -0.3 is 14.6 Å². The fraction of sp³-hybridized carbons (Fsp3) is 0.385. The highest BCUT2D eigenvalue weighted by atomic mass is 35.5. The standard InChI is InChI=1S/C13H15ClFN3O5S/c1-22-12-13(23-2)17-10-8(16-12)6-7(15)9(14)11(10)18(4-5-19)24(3,20)21/h6,19H,4-5H2,1-3H3. The Hall–Kier alpha value is -1.91. The third kappa shape index (κ3) is 3.30. The van der Waals surface area contributed by atoms with E-state index in [9.17, 15) is 12.8 Å². The largest absolute Gasteiger partial charge is 0.477 e. The van der Waals surface area contributed by atoms with E-state index in [-0.39, 0.29) is 35.0 Å². The molecule has 24 heavy (non-hydrogen) atoms. The van der Waals surface area contributed by atoms with Crippen LogP contribution in [0.25, 0.3) is 11.0 Å². The van der Waals surface area contributed by atoms with Gasteiger partial charge >= 0.3 is 0 Å². The summed E-state index contributed by atoms with van der Waals surface area (Å²) in [6, 6.07) is 1.01. The molecule has 0 amide bonds. The van der Waals surface area contributed by atoms with Gasteiger partial charge in [0.05, 0.1) is 39.1 Å². The molecule has 2 aromatic rings. The first-order valence-electron chi connectivity index (χ1n) is 6.60. The van der Waals surface area contributed by atoms with E-state index in [1.165, 1.54) is 14.2 Å². The zero-order valence-electron chi connectivity index (χ0n) is 13.1. The van der Waals surface area contributed by atoms with Gasteiger partial charge in [0.25, 0.3) is 11.8 Å². The topological polar surface area (TPSA) is 102 Å². The van der Waals surface area contributed by atoms with Crippen LogP contribution >= 0.6 is 11.6 Å². The summed E-state index contributed by atoms with van der Waals surface area (Å²) in [7, 11) is -1.21. The second-order valence-electron chi connectivity index (χ2n) is 4.69. The van der Waals surface area contributed by atoms with E-state index >= 15 is 0 Å². The molecule has 0 radical (unpaired) electrons. The van der Waals surface area contributed by atoms with E-state index < -0.39 is 27.5 Å². The highest BCUT2D eigenvalue weighted by Gasteiger charge is 2.27. The second-order valence-corrected chi connectivity index (χ2v) is 6.97. The lowest BCUT2D eigenvalue weighted by atomic mass is 10.2. The molecular formula is C13H15ClFN3O5S. The van der Waals surface area contributed by atoms with Gasteiger partial charge in [-0.2, -0.15) is 0 Å². The van der Waals surface area contributed by atoms with Gasteiger partial charge in [-0.05, 0) is 0 Å². The number of rotatable bonds is 6. The lowest BCUT2D eigenvalue weighted by Crippen LogP contribution is -2.33. The number of methoxy groups -OCH3 is 2. The van der Waals surface area contributed by atoms with Gasteiger partial charge in [0, 0.05) is 6.07 Å². The molecule has 1 aromatic heterocycles. The molecule has 1 aromatic carbocycles. The first-order valence-corrected chi connectivity index (χ1v) is 8.83. The van der Waals surface area contributed by atoms with Crippen LogP contribution in [0.4, 0.5) is 10.1 Å². The number of anilines is 1. The monoisotopic (exact) mass is 379 g/mol. The summed E-state index contributed by atoms with van der Waals surface area (Å²) in [5.74, 6) is -0.899. The number of hydrogen-bond donors (Lipinski definition) is 1. The normalized spacial score (nSPS) is 11.6. The van der Waals surface area contributed by atoms with E-state index in [0.717, 1.165) is 16.6 Å². The number of aromatic nitrogens is 2. The number of halogens is 2. The average Bonchev–Trinajstić information content (AvgIpc) is 2.52.